The van der Waals surface area contributed by atoms with Crippen LogP contribution in [0.1, 0.15) is 35.3 Å². The molecule has 0 aliphatic carbocycles. The molecule has 0 saturated carbocycles. The lowest BCUT2D eigenvalue weighted by Crippen LogP contribution is -2.18. The normalized spacial score (nSPS) is 12.4. The largest absolute Gasteiger partial charge is 0.485 e. The Morgan fingerprint density at radius 1 is 1.25 bits per heavy atom. The van der Waals surface area contributed by atoms with Gasteiger partial charge < -0.3 is 15.0 Å². The summed E-state index contributed by atoms with van der Waals surface area (Å²) < 4.78 is 10.7. The summed E-state index contributed by atoms with van der Waals surface area (Å²) in [6.45, 7) is 8.15. The molecular weight excluding hydrogens is 254 g/mol. The molecule has 5 heteroatoms. The molecule has 0 spiro atoms. The molecule has 1 atom stereocenters. The Bertz CT molecular complexity index is 568. The van der Waals surface area contributed by atoms with Gasteiger partial charge in [0, 0.05) is 13.0 Å². The number of hydrogen-bond acceptors (Lipinski definition) is 5. The molecule has 2 aromatic rings. The molecule has 2 rings (SSSR count). The van der Waals surface area contributed by atoms with Gasteiger partial charge in [0.25, 0.3) is 0 Å². The first-order chi connectivity index (χ1) is 9.45. The zero-order valence-corrected chi connectivity index (χ0v) is 12.4. The van der Waals surface area contributed by atoms with Gasteiger partial charge in [-0.3, -0.25) is 0 Å². The van der Waals surface area contributed by atoms with Crippen LogP contribution >= 0.6 is 0 Å². The number of benzene rings is 1. The highest BCUT2D eigenvalue weighted by molar-refractivity contribution is 5.43. The third-order valence-corrected chi connectivity index (χ3v) is 2.99. The van der Waals surface area contributed by atoms with Gasteiger partial charge >= 0.3 is 0 Å². The summed E-state index contributed by atoms with van der Waals surface area (Å²) in [6.07, 6.45) is 0.867. The molecule has 0 fully saturated rings. The molecule has 108 valence electrons. The summed E-state index contributed by atoms with van der Waals surface area (Å²) in [5.74, 6) is 1.98. The van der Waals surface area contributed by atoms with E-state index in [2.05, 4.69) is 22.3 Å². The van der Waals surface area contributed by atoms with Crippen molar-refractivity contribution in [3.8, 4) is 5.75 Å². The summed E-state index contributed by atoms with van der Waals surface area (Å²) in [7, 11) is 0. The molecule has 0 aliphatic rings. The van der Waals surface area contributed by atoms with Gasteiger partial charge in [-0.05, 0) is 43.9 Å². The van der Waals surface area contributed by atoms with Gasteiger partial charge in [0.05, 0.1) is 0 Å². The van der Waals surface area contributed by atoms with Crippen LogP contribution in [0.3, 0.4) is 0 Å². The highest BCUT2D eigenvalue weighted by Gasteiger charge is 2.10. The molecule has 20 heavy (non-hydrogen) atoms. The van der Waals surface area contributed by atoms with Crippen LogP contribution in [0.4, 0.5) is 0 Å². The van der Waals surface area contributed by atoms with Crippen molar-refractivity contribution < 1.29 is 9.26 Å². The Morgan fingerprint density at radius 3 is 2.40 bits per heavy atom. The summed E-state index contributed by atoms with van der Waals surface area (Å²) in [4.78, 5) is 4.12. The third-order valence-electron chi connectivity index (χ3n) is 2.99. The number of aryl methyl sites for hydroxylation is 3. The minimum absolute atomic E-state index is 0.155. The first kappa shape index (κ1) is 14.5. The zero-order valence-electron chi connectivity index (χ0n) is 12.4. The maximum absolute atomic E-state index is 5.84. The van der Waals surface area contributed by atoms with Crippen LogP contribution < -0.4 is 10.5 Å². The van der Waals surface area contributed by atoms with Gasteiger partial charge in [0.15, 0.2) is 6.61 Å². The monoisotopic (exact) mass is 275 g/mol. The van der Waals surface area contributed by atoms with Gasteiger partial charge in [-0.1, -0.05) is 17.3 Å². The second kappa shape index (κ2) is 6.05. The summed E-state index contributed by atoms with van der Waals surface area (Å²) in [6, 6.07) is 4.39. The average molecular weight is 275 g/mol. The lowest BCUT2D eigenvalue weighted by atomic mass is 10.0. The second-order valence-corrected chi connectivity index (χ2v) is 5.26. The number of nitrogens with two attached hydrogens (primary N) is 1. The van der Waals surface area contributed by atoms with Crippen molar-refractivity contribution in [1.82, 2.24) is 10.1 Å². The van der Waals surface area contributed by atoms with E-state index in [1.165, 1.54) is 5.56 Å². The summed E-state index contributed by atoms with van der Waals surface area (Å²) >= 11 is 0. The van der Waals surface area contributed by atoms with Gasteiger partial charge in [0.2, 0.25) is 11.7 Å². The van der Waals surface area contributed by atoms with Crippen molar-refractivity contribution in [2.45, 2.75) is 46.8 Å². The smallest absolute Gasteiger partial charge is 0.223 e. The summed E-state index contributed by atoms with van der Waals surface area (Å²) in [5, 5.41) is 3.82. The molecule has 2 N–H and O–H groups in total. The number of rotatable bonds is 5. The standard InChI is InChI=1S/C15H21N3O2/c1-9-5-13(7-11(3)16)6-10(2)15(9)19-8-14-17-12(4)20-18-14/h5-6,11H,7-8,16H2,1-4H3. The van der Waals surface area contributed by atoms with E-state index in [0.29, 0.717) is 18.3 Å². The van der Waals surface area contributed by atoms with E-state index < -0.39 is 0 Å². The highest BCUT2D eigenvalue weighted by atomic mass is 16.5. The van der Waals surface area contributed by atoms with Crippen molar-refractivity contribution >= 4 is 0 Å². The van der Waals surface area contributed by atoms with E-state index in [0.717, 1.165) is 23.3 Å². The first-order valence-corrected chi connectivity index (χ1v) is 6.73. The van der Waals surface area contributed by atoms with Crippen LogP contribution in [0.15, 0.2) is 16.7 Å². The fraction of sp³-hybridized carbons (Fsp3) is 0.467. The van der Waals surface area contributed by atoms with Crippen LogP contribution in [0.5, 0.6) is 5.75 Å². The van der Waals surface area contributed by atoms with Crippen LogP contribution in [-0.4, -0.2) is 16.2 Å². The molecule has 1 aromatic heterocycles. The van der Waals surface area contributed by atoms with Crippen LogP contribution in [0.25, 0.3) is 0 Å². The van der Waals surface area contributed by atoms with E-state index in [-0.39, 0.29) is 6.04 Å². The van der Waals surface area contributed by atoms with Crippen molar-refractivity contribution in [2.75, 3.05) is 0 Å². The Morgan fingerprint density at radius 2 is 1.90 bits per heavy atom. The average Bonchev–Trinajstić information content (AvgIpc) is 2.73. The summed E-state index contributed by atoms with van der Waals surface area (Å²) in [5.41, 5.74) is 9.27. The Labute approximate surface area is 119 Å². The molecule has 0 saturated heterocycles. The number of hydrogen-bond donors (Lipinski definition) is 1. The van der Waals surface area contributed by atoms with Crippen LogP contribution in [-0.2, 0) is 13.0 Å². The molecule has 0 bridgehead atoms. The second-order valence-electron chi connectivity index (χ2n) is 5.26. The molecular formula is C15H21N3O2. The maximum atomic E-state index is 5.84. The lowest BCUT2D eigenvalue weighted by molar-refractivity contribution is 0.282. The van der Waals surface area contributed by atoms with E-state index in [1.54, 1.807) is 6.92 Å². The van der Waals surface area contributed by atoms with Crippen molar-refractivity contribution in [2.24, 2.45) is 5.73 Å². The molecule has 5 nitrogen and oxygen atoms in total. The van der Waals surface area contributed by atoms with Gasteiger partial charge in [-0.25, -0.2) is 0 Å². The first-order valence-electron chi connectivity index (χ1n) is 6.73. The van der Waals surface area contributed by atoms with E-state index in [4.69, 9.17) is 15.0 Å². The molecule has 1 unspecified atom stereocenters. The zero-order chi connectivity index (χ0) is 14.7. The molecule has 1 aromatic carbocycles. The Hall–Kier alpha value is -1.88. The van der Waals surface area contributed by atoms with E-state index in [9.17, 15) is 0 Å². The number of ether oxygens (including phenoxy) is 1. The van der Waals surface area contributed by atoms with Crippen LogP contribution in [0.2, 0.25) is 0 Å². The lowest BCUT2D eigenvalue weighted by Gasteiger charge is -2.14. The van der Waals surface area contributed by atoms with Crippen molar-refractivity contribution in [3.63, 3.8) is 0 Å². The van der Waals surface area contributed by atoms with Gasteiger partial charge in [-0.2, -0.15) is 4.98 Å². The number of aromatic nitrogens is 2. The quantitative estimate of drug-likeness (QED) is 0.907. The van der Waals surface area contributed by atoms with E-state index in [1.807, 2.05) is 20.8 Å². The topological polar surface area (TPSA) is 74.2 Å². The fourth-order valence-corrected chi connectivity index (χ4v) is 2.29. The van der Waals surface area contributed by atoms with E-state index >= 15 is 0 Å². The van der Waals surface area contributed by atoms with Gasteiger partial charge in [0.1, 0.15) is 5.75 Å². The Balaban J connectivity index is 2.11. The molecule has 0 amide bonds. The number of nitrogens with zero attached hydrogens (tertiary/aromatic N) is 2. The predicted octanol–water partition coefficient (Wildman–Crippen LogP) is 2.46. The van der Waals surface area contributed by atoms with Crippen LogP contribution in [0, 0.1) is 20.8 Å². The minimum atomic E-state index is 0.155. The SMILES string of the molecule is Cc1nc(COc2c(C)cc(CC(C)N)cc2C)no1. The predicted molar refractivity (Wildman–Crippen MR) is 76.6 cm³/mol. The minimum Gasteiger partial charge on any atom is -0.485 e. The van der Waals surface area contributed by atoms with Gasteiger partial charge in [-0.15, -0.1) is 0 Å². The van der Waals surface area contributed by atoms with Crippen molar-refractivity contribution in [1.29, 1.82) is 0 Å². The van der Waals surface area contributed by atoms with Crippen molar-refractivity contribution in [3.05, 3.63) is 40.5 Å². The molecule has 0 aliphatic heterocycles. The molecule has 1 heterocycles. The fourth-order valence-electron chi connectivity index (χ4n) is 2.29. The molecule has 0 radical (unpaired) electrons. The maximum Gasteiger partial charge on any atom is 0.223 e. The Kier molecular flexibility index (Phi) is 4.39. The highest BCUT2D eigenvalue weighted by Crippen LogP contribution is 2.26. The third kappa shape index (κ3) is 3.57.